The Bertz CT molecular complexity index is 557. The molecular formula is C16H16BrF2NO. The summed E-state index contributed by atoms with van der Waals surface area (Å²) in [5.41, 5.74) is 2.21. The lowest BCUT2D eigenvalue weighted by atomic mass is 10.1. The van der Waals surface area contributed by atoms with E-state index in [1.54, 1.807) is 24.3 Å². The first-order valence-corrected chi connectivity index (χ1v) is 7.36. The van der Waals surface area contributed by atoms with Crippen LogP contribution in [0.5, 0.6) is 5.75 Å². The van der Waals surface area contributed by atoms with E-state index in [9.17, 15) is 8.78 Å². The van der Waals surface area contributed by atoms with Crippen LogP contribution < -0.4 is 10.1 Å². The summed E-state index contributed by atoms with van der Waals surface area (Å²) < 4.78 is 29.5. The number of hydrogen-bond acceptors (Lipinski definition) is 2. The highest BCUT2D eigenvalue weighted by Crippen LogP contribution is 2.19. The van der Waals surface area contributed by atoms with Gasteiger partial charge >= 0.3 is 6.61 Å². The van der Waals surface area contributed by atoms with Crippen molar-refractivity contribution in [3.8, 4) is 5.75 Å². The average molecular weight is 356 g/mol. The largest absolute Gasteiger partial charge is 0.435 e. The summed E-state index contributed by atoms with van der Waals surface area (Å²) in [4.78, 5) is 0. The summed E-state index contributed by atoms with van der Waals surface area (Å²) in [6.07, 6.45) is 0. The van der Waals surface area contributed by atoms with E-state index in [0.29, 0.717) is 0 Å². The van der Waals surface area contributed by atoms with Crippen molar-refractivity contribution in [2.45, 2.75) is 26.1 Å². The number of ether oxygens (including phenoxy) is 1. The first-order chi connectivity index (χ1) is 10.0. The van der Waals surface area contributed by atoms with E-state index in [-0.39, 0.29) is 11.8 Å². The smallest absolute Gasteiger partial charge is 0.387 e. The zero-order chi connectivity index (χ0) is 15.2. The number of benzene rings is 2. The lowest BCUT2D eigenvalue weighted by Crippen LogP contribution is -2.18. The van der Waals surface area contributed by atoms with Gasteiger partial charge in [-0.15, -0.1) is 0 Å². The molecule has 0 aliphatic rings. The molecule has 2 aromatic carbocycles. The molecule has 0 spiro atoms. The van der Waals surface area contributed by atoms with Crippen molar-refractivity contribution in [1.29, 1.82) is 0 Å². The van der Waals surface area contributed by atoms with Crippen molar-refractivity contribution in [3.05, 3.63) is 64.1 Å². The molecule has 0 saturated carbocycles. The Morgan fingerprint density at radius 2 is 1.67 bits per heavy atom. The van der Waals surface area contributed by atoms with Crippen molar-refractivity contribution in [2.75, 3.05) is 0 Å². The lowest BCUT2D eigenvalue weighted by Gasteiger charge is -2.15. The van der Waals surface area contributed by atoms with E-state index >= 15 is 0 Å². The van der Waals surface area contributed by atoms with Gasteiger partial charge in [0.2, 0.25) is 0 Å². The third-order valence-electron chi connectivity index (χ3n) is 3.13. The van der Waals surface area contributed by atoms with Crippen LogP contribution in [0.15, 0.2) is 53.0 Å². The molecule has 0 radical (unpaired) electrons. The lowest BCUT2D eigenvalue weighted by molar-refractivity contribution is -0.0498. The predicted molar refractivity (Wildman–Crippen MR) is 82.5 cm³/mol. The van der Waals surface area contributed by atoms with Crippen LogP contribution in [0.2, 0.25) is 0 Å². The van der Waals surface area contributed by atoms with Gasteiger partial charge in [-0.3, -0.25) is 0 Å². The molecule has 0 aliphatic heterocycles. The Morgan fingerprint density at radius 3 is 2.24 bits per heavy atom. The minimum atomic E-state index is -2.79. The average Bonchev–Trinajstić information content (AvgIpc) is 2.46. The van der Waals surface area contributed by atoms with Gasteiger partial charge in [0.15, 0.2) is 0 Å². The maximum atomic E-state index is 12.1. The minimum Gasteiger partial charge on any atom is -0.435 e. The Kier molecular flexibility index (Phi) is 5.70. The SMILES string of the molecule is CC(NCc1ccc(Br)cc1)c1ccc(OC(F)F)cc1. The molecule has 0 amide bonds. The molecular weight excluding hydrogens is 340 g/mol. The van der Waals surface area contributed by atoms with Crippen LogP contribution in [-0.4, -0.2) is 6.61 Å². The third kappa shape index (κ3) is 5.10. The summed E-state index contributed by atoms with van der Waals surface area (Å²) in [6.45, 7) is -0.0187. The number of nitrogens with one attached hydrogen (secondary N) is 1. The molecule has 0 fully saturated rings. The van der Waals surface area contributed by atoms with Crippen LogP contribution in [0.3, 0.4) is 0 Å². The maximum Gasteiger partial charge on any atom is 0.387 e. The molecule has 1 N–H and O–H groups in total. The molecule has 0 bridgehead atoms. The Balaban J connectivity index is 1.90. The quantitative estimate of drug-likeness (QED) is 0.795. The second kappa shape index (κ2) is 7.52. The Morgan fingerprint density at radius 1 is 1.05 bits per heavy atom. The van der Waals surface area contributed by atoms with Crippen molar-refractivity contribution in [3.63, 3.8) is 0 Å². The molecule has 1 atom stereocenters. The summed E-state index contributed by atoms with van der Waals surface area (Å²) >= 11 is 3.40. The molecule has 2 rings (SSSR count). The second-order valence-corrected chi connectivity index (χ2v) is 5.59. The highest BCUT2D eigenvalue weighted by Gasteiger charge is 2.07. The van der Waals surface area contributed by atoms with Crippen LogP contribution >= 0.6 is 15.9 Å². The molecule has 0 saturated heterocycles. The standard InChI is InChI=1S/C16H16BrF2NO/c1-11(20-10-12-2-6-14(17)7-3-12)13-4-8-15(9-5-13)21-16(18)19/h2-9,11,16,20H,10H2,1H3. The fraction of sp³-hybridized carbons (Fsp3) is 0.250. The van der Waals surface area contributed by atoms with E-state index in [2.05, 4.69) is 26.0 Å². The molecule has 0 heterocycles. The van der Waals surface area contributed by atoms with Crippen molar-refractivity contribution < 1.29 is 13.5 Å². The van der Waals surface area contributed by atoms with Gasteiger partial charge in [-0.05, 0) is 42.3 Å². The fourth-order valence-corrected chi connectivity index (χ4v) is 2.19. The zero-order valence-corrected chi connectivity index (χ0v) is 13.1. The first kappa shape index (κ1) is 15.9. The number of halogens is 3. The molecule has 5 heteroatoms. The minimum absolute atomic E-state index is 0.120. The Hall–Kier alpha value is -1.46. The molecule has 112 valence electrons. The topological polar surface area (TPSA) is 21.3 Å². The van der Waals surface area contributed by atoms with Crippen molar-refractivity contribution >= 4 is 15.9 Å². The highest BCUT2D eigenvalue weighted by molar-refractivity contribution is 9.10. The molecule has 2 nitrogen and oxygen atoms in total. The number of hydrogen-bond donors (Lipinski definition) is 1. The van der Waals surface area contributed by atoms with Crippen LogP contribution in [0.4, 0.5) is 8.78 Å². The summed E-state index contributed by atoms with van der Waals surface area (Å²) in [5.74, 6) is 0.175. The molecule has 2 aromatic rings. The molecule has 1 unspecified atom stereocenters. The summed E-state index contributed by atoms with van der Waals surface area (Å²) in [5, 5.41) is 3.39. The normalized spacial score (nSPS) is 12.4. The fourth-order valence-electron chi connectivity index (χ4n) is 1.93. The van der Waals surface area contributed by atoms with E-state index in [1.165, 1.54) is 5.56 Å². The van der Waals surface area contributed by atoms with Crippen molar-refractivity contribution in [1.82, 2.24) is 5.32 Å². The maximum absolute atomic E-state index is 12.1. The van der Waals surface area contributed by atoms with Crippen LogP contribution in [0.25, 0.3) is 0 Å². The molecule has 0 aliphatic carbocycles. The van der Waals surface area contributed by atoms with Gasteiger partial charge in [0.05, 0.1) is 0 Å². The number of alkyl halides is 2. The van der Waals surface area contributed by atoms with E-state index in [0.717, 1.165) is 16.6 Å². The zero-order valence-electron chi connectivity index (χ0n) is 11.5. The van der Waals surface area contributed by atoms with Crippen LogP contribution in [0.1, 0.15) is 24.1 Å². The van der Waals surface area contributed by atoms with Gasteiger partial charge < -0.3 is 10.1 Å². The van der Waals surface area contributed by atoms with Gasteiger partial charge in [-0.1, -0.05) is 40.2 Å². The van der Waals surface area contributed by atoms with Crippen LogP contribution in [-0.2, 0) is 6.54 Å². The summed E-state index contributed by atoms with van der Waals surface area (Å²) in [7, 11) is 0. The number of rotatable bonds is 6. The monoisotopic (exact) mass is 355 g/mol. The van der Waals surface area contributed by atoms with E-state index < -0.39 is 6.61 Å². The van der Waals surface area contributed by atoms with E-state index in [4.69, 9.17) is 0 Å². The second-order valence-electron chi connectivity index (χ2n) is 4.68. The third-order valence-corrected chi connectivity index (χ3v) is 3.66. The van der Waals surface area contributed by atoms with Gasteiger partial charge in [-0.2, -0.15) is 8.78 Å². The highest BCUT2D eigenvalue weighted by atomic mass is 79.9. The summed E-state index contributed by atoms with van der Waals surface area (Å²) in [6, 6.07) is 14.9. The van der Waals surface area contributed by atoms with Crippen molar-refractivity contribution in [2.24, 2.45) is 0 Å². The van der Waals surface area contributed by atoms with Gasteiger partial charge in [0.1, 0.15) is 5.75 Å². The van der Waals surface area contributed by atoms with Crippen LogP contribution in [0, 0.1) is 0 Å². The molecule has 21 heavy (non-hydrogen) atoms. The first-order valence-electron chi connectivity index (χ1n) is 6.57. The Labute approximate surface area is 131 Å². The van der Waals surface area contributed by atoms with Gasteiger partial charge in [0.25, 0.3) is 0 Å². The van der Waals surface area contributed by atoms with E-state index in [1.807, 2.05) is 31.2 Å². The molecule has 0 aromatic heterocycles. The van der Waals surface area contributed by atoms with Gasteiger partial charge in [-0.25, -0.2) is 0 Å². The predicted octanol–water partition coefficient (Wildman–Crippen LogP) is 4.90. The van der Waals surface area contributed by atoms with Gasteiger partial charge in [0, 0.05) is 17.1 Å².